The van der Waals surface area contributed by atoms with Crippen molar-refractivity contribution in [2.45, 2.75) is 19.8 Å². The lowest BCUT2D eigenvalue weighted by Crippen LogP contribution is -2.14. The largest absolute Gasteiger partial charge is 0.370 e. The van der Waals surface area contributed by atoms with Gasteiger partial charge in [0.2, 0.25) is 0 Å². The minimum atomic E-state index is -0.236. The van der Waals surface area contributed by atoms with E-state index >= 15 is 0 Å². The van der Waals surface area contributed by atoms with Crippen molar-refractivity contribution in [2.24, 2.45) is 0 Å². The molecule has 0 aliphatic rings. The molecule has 4 nitrogen and oxygen atoms in total. The molecule has 0 bridgehead atoms. The summed E-state index contributed by atoms with van der Waals surface area (Å²) in [6.07, 6.45) is 1.35. The second-order valence-corrected chi connectivity index (χ2v) is 4.24. The lowest BCUT2D eigenvalue weighted by Gasteiger charge is -2.06. The standard InChI is InChI=1S/C14H16FN3O/c1-2-12-17-13(9-14(19)18-12)16-7-6-10-4-3-5-11(15)8-10/h3-5,8-9H,2,6-7H2,1H3,(H2,16,17,18,19). The van der Waals surface area contributed by atoms with Crippen LogP contribution in [0.3, 0.4) is 0 Å². The van der Waals surface area contributed by atoms with Crippen LogP contribution in [0.5, 0.6) is 0 Å². The van der Waals surface area contributed by atoms with Crippen molar-refractivity contribution < 1.29 is 4.39 Å². The summed E-state index contributed by atoms with van der Waals surface area (Å²) in [6, 6.07) is 7.90. The number of aromatic amines is 1. The van der Waals surface area contributed by atoms with Crippen molar-refractivity contribution in [2.75, 3.05) is 11.9 Å². The molecule has 1 aromatic heterocycles. The third-order valence-corrected chi connectivity index (χ3v) is 2.73. The number of benzene rings is 1. The number of nitrogens with zero attached hydrogens (tertiary/aromatic N) is 1. The van der Waals surface area contributed by atoms with Crippen molar-refractivity contribution in [3.05, 3.63) is 57.9 Å². The molecule has 0 saturated heterocycles. The van der Waals surface area contributed by atoms with Crippen LogP contribution in [0.4, 0.5) is 10.2 Å². The minimum absolute atomic E-state index is 0.167. The average molecular weight is 261 g/mol. The molecule has 0 atom stereocenters. The summed E-state index contributed by atoms with van der Waals surface area (Å²) in [5, 5.41) is 3.07. The highest BCUT2D eigenvalue weighted by Gasteiger charge is 2.00. The van der Waals surface area contributed by atoms with Crippen LogP contribution in [0.25, 0.3) is 0 Å². The Balaban J connectivity index is 1.96. The van der Waals surface area contributed by atoms with E-state index in [0.717, 1.165) is 5.56 Å². The lowest BCUT2D eigenvalue weighted by molar-refractivity contribution is 0.625. The molecule has 0 fully saturated rings. The molecule has 0 unspecified atom stereocenters. The fourth-order valence-electron chi connectivity index (χ4n) is 1.79. The molecule has 1 aromatic carbocycles. The van der Waals surface area contributed by atoms with Gasteiger partial charge in [0.25, 0.3) is 5.56 Å². The highest BCUT2D eigenvalue weighted by Crippen LogP contribution is 2.05. The fourth-order valence-corrected chi connectivity index (χ4v) is 1.79. The maximum atomic E-state index is 13.0. The van der Waals surface area contributed by atoms with Gasteiger partial charge >= 0.3 is 0 Å². The summed E-state index contributed by atoms with van der Waals surface area (Å²) < 4.78 is 13.0. The average Bonchev–Trinajstić information content (AvgIpc) is 2.38. The van der Waals surface area contributed by atoms with Gasteiger partial charge in [-0.3, -0.25) is 4.79 Å². The highest BCUT2D eigenvalue weighted by atomic mass is 19.1. The van der Waals surface area contributed by atoms with E-state index in [-0.39, 0.29) is 11.4 Å². The quantitative estimate of drug-likeness (QED) is 0.866. The predicted octanol–water partition coefficient (Wildman–Crippen LogP) is 2.13. The molecule has 1 heterocycles. The zero-order valence-corrected chi connectivity index (χ0v) is 10.7. The van der Waals surface area contributed by atoms with Gasteiger partial charge in [-0.25, -0.2) is 9.37 Å². The van der Waals surface area contributed by atoms with Gasteiger partial charge in [0.05, 0.1) is 0 Å². The smallest absolute Gasteiger partial charge is 0.252 e. The molecule has 5 heteroatoms. The first-order valence-corrected chi connectivity index (χ1v) is 6.26. The Morgan fingerprint density at radius 2 is 2.21 bits per heavy atom. The van der Waals surface area contributed by atoms with Crippen LogP contribution in [-0.4, -0.2) is 16.5 Å². The summed E-state index contributed by atoms with van der Waals surface area (Å²) in [4.78, 5) is 18.3. The first kappa shape index (κ1) is 13.3. The molecule has 2 rings (SSSR count). The number of anilines is 1. The van der Waals surface area contributed by atoms with Gasteiger partial charge in [-0.1, -0.05) is 19.1 Å². The monoisotopic (exact) mass is 261 g/mol. The molecule has 2 aromatic rings. The summed E-state index contributed by atoms with van der Waals surface area (Å²) in [5.41, 5.74) is 0.744. The van der Waals surface area contributed by atoms with Gasteiger partial charge in [0.15, 0.2) is 0 Å². The van der Waals surface area contributed by atoms with Crippen LogP contribution in [0, 0.1) is 5.82 Å². The Morgan fingerprint density at radius 1 is 1.37 bits per heavy atom. The van der Waals surface area contributed by atoms with E-state index < -0.39 is 0 Å². The number of H-pyrrole nitrogens is 1. The number of hydrogen-bond acceptors (Lipinski definition) is 3. The number of rotatable bonds is 5. The zero-order valence-electron chi connectivity index (χ0n) is 10.7. The van der Waals surface area contributed by atoms with Gasteiger partial charge in [0.1, 0.15) is 17.5 Å². The minimum Gasteiger partial charge on any atom is -0.370 e. The van der Waals surface area contributed by atoms with E-state index in [1.165, 1.54) is 18.2 Å². The summed E-state index contributed by atoms with van der Waals surface area (Å²) >= 11 is 0. The number of halogens is 1. The normalized spacial score (nSPS) is 10.4. The van der Waals surface area contributed by atoms with E-state index in [4.69, 9.17) is 0 Å². The molecule has 0 amide bonds. The third kappa shape index (κ3) is 3.91. The summed E-state index contributed by atoms with van der Waals surface area (Å²) in [5.74, 6) is 0.970. The fraction of sp³-hybridized carbons (Fsp3) is 0.286. The van der Waals surface area contributed by atoms with Gasteiger partial charge in [0, 0.05) is 19.0 Å². The zero-order chi connectivity index (χ0) is 13.7. The number of nitrogens with one attached hydrogen (secondary N) is 2. The first-order chi connectivity index (χ1) is 9.17. The number of aryl methyl sites for hydroxylation is 1. The molecule has 0 spiro atoms. The van der Waals surface area contributed by atoms with Gasteiger partial charge in [-0.05, 0) is 24.1 Å². The molecule has 19 heavy (non-hydrogen) atoms. The molecule has 100 valence electrons. The molecular formula is C14H16FN3O. The van der Waals surface area contributed by atoms with Crippen molar-refractivity contribution >= 4 is 5.82 Å². The summed E-state index contributed by atoms with van der Waals surface area (Å²) in [6.45, 7) is 2.53. The second-order valence-electron chi connectivity index (χ2n) is 4.24. The van der Waals surface area contributed by atoms with Crippen LogP contribution >= 0.6 is 0 Å². The Kier molecular flexibility index (Phi) is 4.28. The van der Waals surface area contributed by atoms with Gasteiger partial charge in [-0.15, -0.1) is 0 Å². The van der Waals surface area contributed by atoms with Gasteiger partial charge < -0.3 is 10.3 Å². The number of aromatic nitrogens is 2. The van der Waals surface area contributed by atoms with E-state index in [2.05, 4.69) is 15.3 Å². The van der Waals surface area contributed by atoms with Crippen molar-refractivity contribution in [3.63, 3.8) is 0 Å². The molecule has 0 aliphatic heterocycles. The van der Waals surface area contributed by atoms with E-state index in [1.54, 1.807) is 6.07 Å². The van der Waals surface area contributed by atoms with Crippen LogP contribution < -0.4 is 10.9 Å². The first-order valence-electron chi connectivity index (χ1n) is 6.26. The third-order valence-electron chi connectivity index (χ3n) is 2.73. The van der Waals surface area contributed by atoms with Crippen molar-refractivity contribution in [1.29, 1.82) is 0 Å². The van der Waals surface area contributed by atoms with Crippen LogP contribution in [0.1, 0.15) is 18.3 Å². The maximum Gasteiger partial charge on any atom is 0.252 e. The Morgan fingerprint density at radius 3 is 2.95 bits per heavy atom. The highest BCUT2D eigenvalue weighted by molar-refractivity contribution is 5.33. The second kappa shape index (κ2) is 6.13. The lowest BCUT2D eigenvalue weighted by atomic mass is 10.1. The summed E-state index contributed by atoms with van der Waals surface area (Å²) in [7, 11) is 0. The Hall–Kier alpha value is -2.17. The van der Waals surface area contributed by atoms with Crippen molar-refractivity contribution in [3.8, 4) is 0 Å². The van der Waals surface area contributed by atoms with Crippen LogP contribution in [0.2, 0.25) is 0 Å². The SMILES string of the molecule is CCc1nc(NCCc2cccc(F)c2)cc(=O)[nH]1. The molecule has 0 radical (unpaired) electrons. The maximum absolute atomic E-state index is 13.0. The van der Waals surface area contributed by atoms with E-state index in [0.29, 0.717) is 31.0 Å². The van der Waals surface area contributed by atoms with Gasteiger partial charge in [-0.2, -0.15) is 0 Å². The van der Waals surface area contributed by atoms with E-state index in [1.807, 2.05) is 13.0 Å². The van der Waals surface area contributed by atoms with E-state index in [9.17, 15) is 9.18 Å². The predicted molar refractivity (Wildman–Crippen MR) is 72.8 cm³/mol. The van der Waals surface area contributed by atoms with Crippen molar-refractivity contribution in [1.82, 2.24) is 9.97 Å². The molecule has 0 saturated carbocycles. The Labute approximate surface area is 110 Å². The van der Waals surface area contributed by atoms with Crippen LogP contribution in [-0.2, 0) is 12.8 Å². The number of hydrogen-bond donors (Lipinski definition) is 2. The molecule has 2 N–H and O–H groups in total. The Bertz CT molecular complexity index is 610. The molecular weight excluding hydrogens is 245 g/mol. The van der Waals surface area contributed by atoms with Crippen LogP contribution in [0.15, 0.2) is 35.1 Å². The molecule has 0 aliphatic carbocycles. The topological polar surface area (TPSA) is 57.8 Å².